The Kier molecular flexibility index (Phi) is 10.1. The van der Waals surface area contributed by atoms with Crippen LogP contribution in [0.5, 0.6) is 0 Å². The van der Waals surface area contributed by atoms with E-state index < -0.39 is 5.41 Å². The van der Waals surface area contributed by atoms with Gasteiger partial charge >= 0.3 is 0 Å². The van der Waals surface area contributed by atoms with Gasteiger partial charge in [-0.1, -0.05) is 26.7 Å². The van der Waals surface area contributed by atoms with Gasteiger partial charge in [0.25, 0.3) is 0 Å². The van der Waals surface area contributed by atoms with Gasteiger partial charge < -0.3 is 16.0 Å². The van der Waals surface area contributed by atoms with E-state index in [0.717, 1.165) is 37.4 Å². The summed E-state index contributed by atoms with van der Waals surface area (Å²) in [7, 11) is 0. The Balaban J connectivity index is 0.00000484. The second kappa shape index (κ2) is 10.4. The Morgan fingerprint density at radius 1 is 1.35 bits per heavy atom. The summed E-state index contributed by atoms with van der Waals surface area (Å²) in [6.07, 6.45) is 3.73. The van der Waals surface area contributed by atoms with Gasteiger partial charge in [-0.2, -0.15) is 0 Å². The van der Waals surface area contributed by atoms with Crippen molar-refractivity contribution in [3.8, 4) is 0 Å². The fraction of sp³-hybridized carbons (Fsp3) is 0.882. The standard InChI is InChI=1S/C17H34N4O.HI/c1-6-13(7-2)14-9-10-21(11-14)16(19-8-3)20-12-17(4,5)15(18)22;/h13-14H,6-12H2,1-5H3,(H2,18,22)(H,19,20);1H. The van der Waals surface area contributed by atoms with Crippen molar-refractivity contribution in [3.05, 3.63) is 0 Å². The lowest BCUT2D eigenvalue weighted by molar-refractivity contribution is -0.125. The summed E-state index contributed by atoms with van der Waals surface area (Å²) in [5, 5.41) is 3.36. The summed E-state index contributed by atoms with van der Waals surface area (Å²) in [5.41, 5.74) is 4.84. The van der Waals surface area contributed by atoms with Crippen LogP contribution in [-0.2, 0) is 4.79 Å². The van der Waals surface area contributed by atoms with Crippen molar-refractivity contribution in [1.82, 2.24) is 10.2 Å². The molecule has 1 atom stereocenters. The van der Waals surface area contributed by atoms with Crippen LogP contribution in [-0.4, -0.2) is 42.9 Å². The number of amides is 1. The van der Waals surface area contributed by atoms with Gasteiger partial charge in [0, 0.05) is 19.6 Å². The molecule has 1 aliphatic rings. The number of rotatable bonds is 7. The second-order valence-corrected chi connectivity index (χ2v) is 6.99. The lowest BCUT2D eigenvalue weighted by Gasteiger charge is -2.25. The number of aliphatic imine (C=N–C) groups is 1. The Labute approximate surface area is 158 Å². The number of guanidine groups is 1. The predicted octanol–water partition coefficient (Wildman–Crippen LogP) is 2.84. The van der Waals surface area contributed by atoms with Crippen molar-refractivity contribution in [2.45, 2.75) is 53.9 Å². The largest absolute Gasteiger partial charge is 0.369 e. The minimum absolute atomic E-state index is 0. The normalized spacial score (nSPS) is 19.0. The molecule has 1 amide bonds. The molecule has 23 heavy (non-hydrogen) atoms. The molecular formula is C17H35IN4O. The molecule has 1 fully saturated rings. The maximum Gasteiger partial charge on any atom is 0.224 e. The van der Waals surface area contributed by atoms with Crippen LogP contribution in [0.15, 0.2) is 4.99 Å². The highest BCUT2D eigenvalue weighted by Gasteiger charge is 2.30. The summed E-state index contributed by atoms with van der Waals surface area (Å²) in [5.74, 6) is 2.17. The molecule has 0 saturated carbocycles. The zero-order valence-electron chi connectivity index (χ0n) is 15.4. The molecule has 0 aliphatic carbocycles. The maximum atomic E-state index is 11.5. The number of halogens is 1. The van der Waals surface area contributed by atoms with Crippen LogP contribution in [0.1, 0.15) is 53.9 Å². The van der Waals surface area contributed by atoms with Crippen LogP contribution >= 0.6 is 24.0 Å². The number of hydrogen-bond acceptors (Lipinski definition) is 2. The molecule has 0 radical (unpaired) electrons. The predicted molar refractivity (Wildman–Crippen MR) is 108 cm³/mol. The molecule has 1 aliphatic heterocycles. The first-order valence-corrected chi connectivity index (χ1v) is 8.68. The highest BCUT2D eigenvalue weighted by atomic mass is 127. The van der Waals surface area contributed by atoms with Gasteiger partial charge in [-0.25, -0.2) is 0 Å². The topological polar surface area (TPSA) is 70.7 Å². The molecule has 1 rings (SSSR count). The Morgan fingerprint density at radius 3 is 2.43 bits per heavy atom. The van der Waals surface area contributed by atoms with E-state index in [2.05, 4.69) is 36.0 Å². The first-order valence-electron chi connectivity index (χ1n) is 8.68. The summed E-state index contributed by atoms with van der Waals surface area (Å²) < 4.78 is 0. The van der Waals surface area contributed by atoms with Gasteiger partial charge in [0.05, 0.1) is 12.0 Å². The molecular weight excluding hydrogens is 403 g/mol. The van der Waals surface area contributed by atoms with Crippen molar-refractivity contribution >= 4 is 35.8 Å². The SMILES string of the molecule is CCNC(=NCC(C)(C)C(N)=O)N1CCC(C(CC)CC)C1.I. The fourth-order valence-corrected chi connectivity index (χ4v) is 3.10. The van der Waals surface area contributed by atoms with Gasteiger partial charge in [-0.3, -0.25) is 9.79 Å². The number of carbonyl (C=O) groups excluding carboxylic acids is 1. The third kappa shape index (κ3) is 6.47. The number of likely N-dealkylation sites (tertiary alicyclic amines) is 1. The molecule has 1 saturated heterocycles. The highest BCUT2D eigenvalue weighted by molar-refractivity contribution is 14.0. The van der Waals surface area contributed by atoms with Crippen molar-refractivity contribution < 1.29 is 4.79 Å². The van der Waals surface area contributed by atoms with Gasteiger partial charge in [-0.15, -0.1) is 24.0 Å². The number of nitrogens with two attached hydrogens (primary N) is 1. The number of primary amides is 1. The number of carbonyl (C=O) groups is 1. The van der Waals surface area contributed by atoms with E-state index in [-0.39, 0.29) is 29.9 Å². The number of nitrogens with one attached hydrogen (secondary N) is 1. The summed E-state index contributed by atoms with van der Waals surface area (Å²) in [4.78, 5) is 18.5. The first kappa shape index (κ1) is 22.5. The van der Waals surface area contributed by atoms with Crippen LogP contribution in [0, 0.1) is 17.3 Å². The quantitative estimate of drug-likeness (QED) is 0.365. The fourth-order valence-electron chi connectivity index (χ4n) is 3.10. The van der Waals surface area contributed by atoms with Crippen LogP contribution in [0.3, 0.4) is 0 Å². The van der Waals surface area contributed by atoms with Gasteiger partial charge in [0.15, 0.2) is 5.96 Å². The van der Waals surface area contributed by atoms with Crippen molar-refractivity contribution in [2.75, 3.05) is 26.2 Å². The van der Waals surface area contributed by atoms with E-state index in [4.69, 9.17) is 5.73 Å². The molecule has 1 heterocycles. The van der Waals surface area contributed by atoms with Crippen LogP contribution in [0.25, 0.3) is 0 Å². The first-order chi connectivity index (χ1) is 10.4. The lowest BCUT2D eigenvalue weighted by Crippen LogP contribution is -2.42. The monoisotopic (exact) mass is 438 g/mol. The molecule has 6 heteroatoms. The van der Waals surface area contributed by atoms with E-state index in [0.29, 0.717) is 6.54 Å². The van der Waals surface area contributed by atoms with Gasteiger partial charge in [-0.05, 0) is 39.0 Å². The van der Waals surface area contributed by atoms with Crippen LogP contribution in [0.2, 0.25) is 0 Å². The third-order valence-corrected chi connectivity index (χ3v) is 4.87. The Bertz CT molecular complexity index is 394. The van der Waals surface area contributed by atoms with Crippen molar-refractivity contribution in [2.24, 2.45) is 28.0 Å². The van der Waals surface area contributed by atoms with E-state index in [1.807, 2.05) is 13.8 Å². The molecule has 5 nitrogen and oxygen atoms in total. The summed E-state index contributed by atoms with van der Waals surface area (Å²) >= 11 is 0. The molecule has 3 N–H and O–H groups in total. The average Bonchev–Trinajstić information content (AvgIpc) is 2.94. The number of hydrogen-bond donors (Lipinski definition) is 2. The Hall–Kier alpha value is -0.530. The third-order valence-electron chi connectivity index (χ3n) is 4.87. The average molecular weight is 438 g/mol. The molecule has 0 aromatic carbocycles. The minimum Gasteiger partial charge on any atom is -0.369 e. The minimum atomic E-state index is -0.602. The van der Waals surface area contributed by atoms with Crippen LogP contribution < -0.4 is 11.1 Å². The van der Waals surface area contributed by atoms with E-state index in [9.17, 15) is 4.79 Å². The van der Waals surface area contributed by atoms with E-state index >= 15 is 0 Å². The zero-order chi connectivity index (χ0) is 16.8. The molecule has 0 aromatic heterocycles. The van der Waals surface area contributed by atoms with Crippen LogP contribution in [0.4, 0.5) is 0 Å². The summed E-state index contributed by atoms with van der Waals surface area (Å²) in [6, 6.07) is 0. The van der Waals surface area contributed by atoms with Crippen molar-refractivity contribution in [1.29, 1.82) is 0 Å². The zero-order valence-corrected chi connectivity index (χ0v) is 17.7. The molecule has 0 aromatic rings. The Morgan fingerprint density at radius 2 is 1.96 bits per heavy atom. The highest BCUT2D eigenvalue weighted by Crippen LogP contribution is 2.28. The molecule has 1 unspecified atom stereocenters. The van der Waals surface area contributed by atoms with Gasteiger partial charge in [0.2, 0.25) is 5.91 Å². The molecule has 0 spiro atoms. The van der Waals surface area contributed by atoms with Crippen molar-refractivity contribution in [3.63, 3.8) is 0 Å². The maximum absolute atomic E-state index is 11.5. The van der Waals surface area contributed by atoms with E-state index in [1.165, 1.54) is 19.3 Å². The smallest absolute Gasteiger partial charge is 0.224 e. The molecule has 136 valence electrons. The molecule has 0 bridgehead atoms. The second-order valence-electron chi connectivity index (χ2n) is 6.99. The van der Waals surface area contributed by atoms with Gasteiger partial charge in [0.1, 0.15) is 0 Å². The lowest BCUT2D eigenvalue weighted by atomic mass is 9.87. The number of nitrogens with zero attached hydrogens (tertiary/aromatic N) is 2. The summed E-state index contributed by atoms with van der Waals surface area (Å²) in [6.45, 7) is 13.7. The van der Waals surface area contributed by atoms with E-state index in [1.54, 1.807) is 0 Å².